The Morgan fingerprint density at radius 1 is 1.15 bits per heavy atom. The summed E-state index contributed by atoms with van der Waals surface area (Å²) in [5.74, 6) is -0.535. The second kappa shape index (κ2) is 14.1. The molecule has 2 aliphatic heterocycles. The molecule has 1 aromatic carbocycles. The maximum atomic E-state index is 13.6. The lowest BCUT2D eigenvalue weighted by Gasteiger charge is -2.49. The fraction of sp³-hybridized carbons (Fsp3) is 0.400. The molecule has 46 heavy (non-hydrogen) atoms. The number of ether oxygens (including phenoxy) is 1. The summed E-state index contributed by atoms with van der Waals surface area (Å²) >= 11 is 14.4. The first-order valence-electron chi connectivity index (χ1n) is 15.7. The van der Waals surface area contributed by atoms with E-state index in [0.29, 0.717) is 63.5 Å². The molecule has 6 rings (SSSR count). The average Bonchev–Trinajstić information content (AvgIpc) is 3.69. The molecule has 242 valence electrons. The first-order chi connectivity index (χ1) is 22.2. The van der Waals surface area contributed by atoms with Gasteiger partial charge in [-0.3, -0.25) is 14.5 Å². The van der Waals surface area contributed by atoms with Crippen LogP contribution in [0, 0.1) is 12.8 Å². The first kappa shape index (κ1) is 33.8. The summed E-state index contributed by atoms with van der Waals surface area (Å²) in [5, 5.41) is 4.80. The quantitative estimate of drug-likeness (QED) is 0.186. The molecule has 0 bridgehead atoms. The number of halogens is 2. The molecule has 1 saturated heterocycles. The van der Waals surface area contributed by atoms with Gasteiger partial charge in [0.1, 0.15) is 0 Å². The van der Waals surface area contributed by atoms with Crippen molar-refractivity contribution < 1.29 is 19.1 Å². The monoisotopic (exact) mass is 680 g/mol. The summed E-state index contributed by atoms with van der Waals surface area (Å²) in [7, 11) is 0. The molecular weight excluding hydrogens is 643 g/mol. The van der Waals surface area contributed by atoms with E-state index >= 15 is 0 Å². The number of anilines is 1. The molecule has 4 heterocycles. The standard InChI is InChI=1S/C33H32Cl2N4O4S.C2H6/c1-4-43-32(42)28-29(36-20(3)27(37-28)24-10-7-11-25(34)26(24)35)38-14-12-19(2)33(17-38,21-13-15-44-16-21)18-39-30(40)22-8-5-6-9-23(22)31(39)41;1-2/h5,7-8,10-11,13,15-16,19H,4,6,9,12,14,17-18H2,1-3H3;1-2H3. The largest absolute Gasteiger partial charge is 0.461 e. The van der Waals surface area contributed by atoms with E-state index < -0.39 is 11.4 Å². The van der Waals surface area contributed by atoms with E-state index in [2.05, 4.69) is 18.4 Å². The van der Waals surface area contributed by atoms with Crippen LogP contribution >= 0.6 is 34.5 Å². The van der Waals surface area contributed by atoms with Gasteiger partial charge in [-0.05, 0) is 67.5 Å². The minimum absolute atomic E-state index is 0.0767. The molecule has 1 aliphatic carbocycles. The third kappa shape index (κ3) is 6.00. The van der Waals surface area contributed by atoms with Gasteiger partial charge in [0.15, 0.2) is 11.5 Å². The van der Waals surface area contributed by atoms with E-state index in [9.17, 15) is 14.4 Å². The summed E-state index contributed by atoms with van der Waals surface area (Å²) < 4.78 is 5.44. The van der Waals surface area contributed by atoms with Crippen LogP contribution in [-0.2, 0) is 19.7 Å². The van der Waals surface area contributed by atoms with Crippen LogP contribution in [0.5, 0.6) is 0 Å². The number of rotatable bonds is 7. The van der Waals surface area contributed by atoms with Crippen molar-refractivity contribution in [2.45, 2.75) is 59.3 Å². The fourth-order valence-corrected chi connectivity index (χ4v) is 7.68. The van der Waals surface area contributed by atoms with E-state index in [-0.39, 0.29) is 36.6 Å². The van der Waals surface area contributed by atoms with Crippen LogP contribution < -0.4 is 4.90 Å². The number of hydrogen-bond acceptors (Lipinski definition) is 8. The number of allylic oxidation sites excluding steroid dienone is 1. The van der Waals surface area contributed by atoms with Crippen LogP contribution in [0.1, 0.15) is 68.7 Å². The number of hydrogen-bond donors (Lipinski definition) is 0. The zero-order valence-corrected chi connectivity index (χ0v) is 29.1. The van der Waals surface area contributed by atoms with Crippen LogP contribution in [0.4, 0.5) is 5.82 Å². The third-order valence-corrected chi connectivity index (χ3v) is 10.5. The SMILES string of the molecule is CC.CCOC(=O)c1nc(-c2cccc(Cl)c2Cl)c(C)nc1N1CCC(C)C(CN2C(=O)C3=C(CCC=C3)C2=O)(c2ccsc2)C1. The lowest BCUT2D eigenvalue weighted by Crippen LogP contribution is -2.58. The number of imide groups is 1. The van der Waals surface area contributed by atoms with Crippen molar-refractivity contribution in [2.24, 2.45) is 5.92 Å². The number of piperidine rings is 1. The van der Waals surface area contributed by atoms with Gasteiger partial charge in [0.2, 0.25) is 0 Å². The second-order valence-electron chi connectivity index (χ2n) is 11.5. The minimum Gasteiger partial charge on any atom is -0.461 e. The lowest BCUT2D eigenvalue weighted by atomic mass is 9.67. The minimum atomic E-state index is -0.613. The number of nitrogens with zero attached hydrogens (tertiary/aromatic N) is 4. The van der Waals surface area contributed by atoms with Gasteiger partial charge in [-0.2, -0.15) is 11.3 Å². The predicted octanol–water partition coefficient (Wildman–Crippen LogP) is 7.82. The van der Waals surface area contributed by atoms with Crippen molar-refractivity contribution in [3.8, 4) is 11.3 Å². The average molecular weight is 682 g/mol. The molecule has 2 aromatic heterocycles. The number of carbonyl (C=O) groups is 3. The summed E-state index contributed by atoms with van der Waals surface area (Å²) in [6, 6.07) is 7.31. The topological polar surface area (TPSA) is 92.7 Å². The van der Waals surface area contributed by atoms with Crippen LogP contribution in [0.3, 0.4) is 0 Å². The summed E-state index contributed by atoms with van der Waals surface area (Å²) in [5.41, 5.74) is 3.19. The molecule has 1 fully saturated rings. The predicted molar refractivity (Wildman–Crippen MR) is 184 cm³/mol. The zero-order chi connectivity index (χ0) is 33.2. The van der Waals surface area contributed by atoms with E-state index in [0.717, 1.165) is 18.4 Å². The molecule has 0 radical (unpaired) electrons. The Bertz CT molecular complexity index is 1720. The Morgan fingerprint density at radius 3 is 2.63 bits per heavy atom. The van der Waals surface area contributed by atoms with Crippen molar-refractivity contribution in [1.29, 1.82) is 0 Å². The number of benzene rings is 1. The highest BCUT2D eigenvalue weighted by Gasteiger charge is 2.49. The van der Waals surface area contributed by atoms with Crippen molar-refractivity contribution in [3.63, 3.8) is 0 Å². The number of carbonyl (C=O) groups excluding carboxylic acids is 3. The Balaban J connectivity index is 0.00000204. The highest BCUT2D eigenvalue weighted by Crippen LogP contribution is 2.44. The van der Waals surface area contributed by atoms with Gasteiger partial charge in [0.25, 0.3) is 11.8 Å². The van der Waals surface area contributed by atoms with E-state index in [1.165, 1.54) is 4.90 Å². The first-order valence-corrected chi connectivity index (χ1v) is 17.4. The summed E-state index contributed by atoms with van der Waals surface area (Å²) in [6.07, 6.45) is 5.79. The maximum absolute atomic E-state index is 13.6. The third-order valence-electron chi connectivity index (χ3n) is 8.96. The Labute approximate surface area is 284 Å². The van der Waals surface area contributed by atoms with Crippen LogP contribution in [-0.4, -0.2) is 58.9 Å². The number of thiophene rings is 1. The Hall–Kier alpha value is -3.53. The molecule has 0 saturated carbocycles. The van der Waals surface area contributed by atoms with Crippen molar-refractivity contribution in [2.75, 3.05) is 31.1 Å². The highest BCUT2D eigenvalue weighted by molar-refractivity contribution is 7.08. The molecule has 2 unspecified atom stereocenters. The number of aryl methyl sites for hydroxylation is 1. The summed E-state index contributed by atoms with van der Waals surface area (Å²) in [4.78, 5) is 53.7. The van der Waals surface area contributed by atoms with E-state index in [1.54, 1.807) is 42.5 Å². The molecule has 3 aliphatic rings. The summed E-state index contributed by atoms with van der Waals surface area (Å²) in [6.45, 7) is 11.1. The van der Waals surface area contributed by atoms with Gasteiger partial charge in [-0.25, -0.2) is 14.8 Å². The molecule has 3 aromatic rings. The Kier molecular flexibility index (Phi) is 10.3. The highest BCUT2D eigenvalue weighted by atomic mass is 35.5. The van der Waals surface area contributed by atoms with Gasteiger partial charge in [-0.1, -0.05) is 68.3 Å². The number of aromatic nitrogens is 2. The van der Waals surface area contributed by atoms with Gasteiger partial charge >= 0.3 is 5.97 Å². The van der Waals surface area contributed by atoms with Crippen molar-refractivity contribution in [3.05, 3.63) is 85.3 Å². The zero-order valence-electron chi connectivity index (χ0n) is 26.7. The molecule has 11 heteroatoms. The van der Waals surface area contributed by atoms with E-state index in [4.69, 9.17) is 37.9 Å². The number of esters is 1. The van der Waals surface area contributed by atoms with Crippen LogP contribution in [0.25, 0.3) is 11.3 Å². The molecule has 0 spiro atoms. The molecule has 0 N–H and O–H groups in total. The fourth-order valence-electron chi connectivity index (χ4n) is 6.52. The smallest absolute Gasteiger partial charge is 0.360 e. The lowest BCUT2D eigenvalue weighted by molar-refractivity contribution is -0.139. The Morgan fingerprint density at radius 2 is 1.93 bits per heavy atom. The molecule has 2 amide bonds. The van der Waals surface area contributed by atoms with Crippen LogP contribution in [0.15, 0.2) is 58.3 Å². The maximum Gasteiger partial charge on any atom is 0.360 e. The second-order valence-corrected chi connectivity index (χ2v) is 13.0. The van der Waals surface area contributed by atoms with Gasteiger partial charge in [0.05, 0.1) is 28.0 Å². The van der Waals surface area contributed by atoms with Gasteiger partial charge in [-0.15, -0.1) is 0 Å². The van der Waals surface area contributed by atoms with Crippen molar-refractivity contribution >= 4 is 58.1 Å². The van der Waals surface area contributed by atoms with Crippen molar-refractivity contribution in [1.82, 2.24) is 14.9 Å². The molecular formula is C35H38Cl2N4O4S. The molecule has 2 atom stereocenters. The normalized spacial score (nSPS) is 20.9. The van der Waals surface area contributed by atoms with Crippen LogP contribution in [0.2, 0.25) is 10.0 Å². The van der Waals surface area contributed by atoms with Gasteiger partial charge in [0, 0.05) is 41.8 Å². The van der Waals surface area contributed by atoms with Gasteiger partial charge < -0.3 is 9.64 Å². The van der Waals surface area contributed by atoms with E-state index in [1.807, 2.05) is 37.1 Å². The number of amides is 2. The molecule has 8 nitrogen and oxygen atoms in total.